The number of aromatic nitrogens is 1. The Morgan fingerprint density at radius 3 is 2.37 bits per heavy atom. The molecule has 0 amide bonds. The maximum atomic E-state index is 12.0. The van der Waals surface area contributed by atoms with E-state index in [4.69, 9.17) is 10.7 Å². The van der Waals surface area contributed by atoms with Crippen LogP contribution in [0.25, 0.3) is 0 Å². The van der Waals surface area contributed by atoms with Crippen LogP contribution in [0, 0.1) is 13.7 Å². The SMILES string of the molecule is O=[N+]([O-])c1c(I)cc(OC(F)(F)F)nc1S(=O)(=O)Cl. The van der Waals surface area contributed by atoms with E-state index in [2.05, 4.69) is 9.72 Å². The Morgan fingerprint density at radius 2 is 2.00 bits per heavy atom. The maximum absolute atomic E-state index is 12.0. The fourth-order valence-corrected chi connectivity index (χ4v) is 2.81. The summed E-state index contributed by atoms with van der Waals surface area (Å²) in [5.74, 6) is -1.17. The van der Waals surface area contributed by atoms with E-state index in [9.17, 15) is 31.7 Å². The highest BCUT2D eigenvalue weighted by molar-refractivity contribution is 14.1. The summed E-state index contributed by atoms with van der Waals surface area (Å²) in [5, 5.41) is 9.35. The zero-order valence-corrected chi connectivity index (χ0v) is 12.0. The quantitative estimate of drug-likeness (QED) is 0.315. The van der Waals surface area contributed by atoms with E-state index in [1.807, 2.05) is 0 Å². The average Bonchev–Trinajstić information content (AvgIpc) is 2.11. The largest absolute Gasteiger partial charge is 0.574 e. The summed E-state index contributed by atoms with van der Waals surface area (Å²) >= 11 is 1.27. The minimum atomic E-state index is -5.13. The van der Waals surface area contributed by atoms with E-state index < -0.39 is 40.5 Å². The third-order valence-electron chi connectivity index (χ3n) is 1.52. The number of halogens is 5. The summed E-state index contributed by atoms with van der Waals surface area (Å²) in [6.07, 6.45) is -5.13. The molecule has 0 aliphatic carbocycles. The summed E-state index contributed by atoms with van der Waals surface area (Å²) in [4.78, 5) is 12.4. The van der Waals surface area contributed by atoms with Gasteiger partial charge in [0.2, 0.25) is 5.88 Å². The van der Waals surface area contributed by atoms with Crippen LogP contribution >= 0.6 is 33.3 Å². The van der Waals surface area contributed by atoms with Gasteiger partial charge in [0.05, 0.1) is 8.49 Å². The lowest BCUT2D eigenvalue weighted by Gasteiger charge is -2.09. The Hall–Kier alpha value is -0.890. The van der Waals surface area contributed by atoms with Gasteiger partial charge >= 0.3 is 12.0 Å². The van der Waals surface area contributed by atoms with E-state index >= 15 is 0 Å². The minimum absolute atomic E-state index is 0.420. The van der Waals surface area contributed by atoms with E-state index in [0.29, 0.717) is 6.07 Å². The number of rotatable bonds is 3. The molecule has 19 heavy (non-hydrogen) atoms. The third-order valence-corrected chi connectivity index (χ3v) is 3.53. The molecule has 0 unspecified atom stereocenters. The predicted molar refractivity (Wildman–Crippen MR) is 63.3 cm³/mol. The van der Waals surface area contributed by atoms with Gasteiger partial charge in [-0.05, 0) is 22.6 Å². The number of hydrogen-bond acceptors (Lipinski definition) is 6. The molecular weight excluding hydrogens is 431 g/mol. The number of nitrogens with zero attached hydrogens (tertiary/aromatic N) is 2. The van der Waals surface area contributed by atoms with Gasteiger partial charge in [-0.1, -0.05) is 0 Å². The predicted octanol–water partition coefficient (Wildman–Crippen LogP) is 2.42. The highest BCUT2D eigenvalue weighted by atomic mass is 127. The molecule has 106 valence electrons. The van der Waals surface area contributed by atoms with Crippen LogP contribution in [-0.4, -0.2) is 24.7 Å². The van der Waals surface area contributed by atoms with Crippen molar-refractivity contribution in [1.29, 1.82) is 0 Å². The first kappa shape index (κ1) is 16.2. The van der Waals surface area contributed by atoms with Crippen LogP contribution < -0.4 is 4.74 Å². The second kappa shape index (κ2) is 5.24. The van der Waals surface area contributed by atoms with Gasteiger partial charge in [-0.2, -0.15) is 4.98 Å². The van der Waals surface area contributed by atoms with Crippen LogP contribution in [0.2, 0.25) is 0 Å². The molecule has 0 spiro atoms. The molecule has 0 radical (unpaired) electrons. The van der Waals surface area contributed by atoms with Crippen molar-refractivity contribution in [2.45, 2.75) is 11.4 Å². The molecule has 7 nitrogen and oxygen atoms in total. The van der Waals surface area contributed by atoms with Gasteiger partial charge in [-0.3, -0.25) is 10.1 Å². The first-order valence-electron chi connectivity index (χ1n) is 3.97. The minimum Gasteiger partial charge on any atom is -0.388 e. The van der Waals surface area contributed by atoms with Crippen molar-refractivity contribution in [2.24, 2.45) is 0 Å². The van der Waals surface area contributed by atoms with Gasteiger partial charge in [0.25, 0.3) is 14.1 Å². The smallest absolute Gasteiger partial charge is 0.388 e. The number of hydrogen-bond donors (Lipinski definition) is 0. The number of alkyl halides is 3. The van der Waals surface area contributed by atoms with Crippen molar-refractivity contribution in [2.75, 3.05) is 0 Å². The molecule has 0 saturated heterocycles. The summed E-state index contributed by atoms with van der Waals surface area (Å²) in [5.41, 5.74) is -1.02. The van der Waals surface area contributed by atoms with Crippen LogP contribution in [0.5, 0.6) is 5.88 Å². The first-order chi connectivity index (χ1) is 8.42. The van der Waals surface area contributed by atoms with Crippen molar-refractivity contribution in [3.63, 3.8) is 0 Å². The summed E-state index contributed by atoms with van der Waals surface area (Å²) in [6, 6.07) is 0.567. The highest BCUT2D eigenvalue weighted by Gasteiger charge is 2.35. The fraction of sp³-hybridized carbons (Fsp3) is 0.167. The Morgan fingerprint density at radius 1 is 1.47 bits per heavy atom. The lowest BCUT2D eigenvalue weighted by Crippen LogP contribution is -2.19. The van der Waals surface area contributed by atoms with Gasteiger partial charge in [0.1, 0.15) is 0 Å². The van der Waals surface area contributed by atoms with Gasteiger partial charge < -0.3 is 4.74 Å². The molecule has 0 saturated carbocycles. The Balaban J connectivity index is 3.53. The zero-order valence-electron chi connectivity index (χ0n) is 8.31. The standard InChI is InChI=1S/C6HClF3IN2O5S/c7-19(16,17)5-4(13(14)15)2(11)1-3(12-5)18-6(8,9)10/h1H. The van der Waals surface area contributed by atoms with E-state index in [-0.39, 0.29) is 0 Å². The van der Waals surface area contributed by atoms with Crippen LogP contribution in [-0.2, 0) is 9.05 Å². The average molecular weight is 433 g/mol. The molecule has 1 aromatic heterocycles. The van der Waals surface area contributed by atoms with E-state index in [1.165, 1.54) is 22.6 Å². The normalized spacial score (nSPS) is 12.3. The molecule has 0 fully saturated rings. The van der Waals surface area contributed by atoms with Crippen LogP contribution in [0.1, 0.15) is 0 Å². The zero-order chi connectivity index (χ0) is 15.0. The first-order valence-corrected chi connectivity index (χ1v) is 7.36. The molecule has 0 aliphatic heterocycles. The van der Waals surface area contributed by atoms with Crippen LogP contribution in [0.4, 0.5) is 18.9 Å². The topological polar surface area (TPSA) is 99.4 Å². The molecule has 0 atom stereocenters. The van der Waals surface area contributed by atoms with Gasteiger partial charge in [0.15, 0.2) is 0 Å². The third kappa shape index (κ3) is 4.31. The van der Waals surface area contributed by atoms with Crippen molar-refractivity contribution in [1.82, 2.24) is 4.98 Å². The highest BCUT2D eigenvalue weighted by Crippen LogP contribution is 2.34. The summed E-state index contributed by atoms with van der Waals surface area (Å²) in [7, 11) is 0.176. The molecule has 0 aromatic carbocycles. The van der Waals surface area contributed by atoms with Crippen LogP contribution in [0.3, 0.4) is 0 Å². The Bertz CT molecular complexity index is 634. The van der Waals surface area contributed by atoms with Crippen molar-refractivity contribution in [3.05, 3.63) is 19.8 Å². The van der Waals surface area contributed by atoms with Crippen LogP contribution in [0.15, 0.2) is 11.1 Å². The molecule has 1 aromatic rings. The lowest BCUT2D eigenvalue weighted by molar-refractivity contribution is -0.389. The summed E-state index contributed by atoms with van der Waals surface area (Å²) in [6.45, 7) is 0. The molecule has 13 heteroatoms. The van der Waals surface area contributed by atoms with Crippen molar-refractivity contribution in [3.8, 4) is 5.88 Å². The van der Waals surface area contributed by atoms with E-state index in [1.54, 1.807) is 0 Å². The molecule has 0 N–H and O–H groups in total. The molecular formula is C6HClF3IN2O5S. The monoisotopic (exact) mass is 432 g/mol. The Kier molecular flexibility index (Phi) is 4.46. The molecule has 1 heterocycles. The number of nitro groups is 1. The van der Waals surface area contributed by atoms with Gasteiger partial charge in [-0.25, -0.2) is 8.42 Å². The van der Waals surface area contributed by atoms with E-state index in [0.717, 1.165) is 0 Å². The molecule has 1 rings (SSSR count). The number of ether oxygens (including phenoxy) is 1. The Labute approximate surface area is 121 Å². The lowest BCUT2D eigenvalue weighted by atomic mass is 10.4. The van der Waals surface area contributed by atoms with Crippen molar-refractivity contribution < 1.29 is 31.2 Å². The number of pyridine rings is 1. The van der Waals surface area contributed by atoms with Gasteiger partial charge in [0, 0.05) is 16.7 Å². The fourth-order valence-electron chi connectivity index (χ4n) is 0.970. The maximum Gasteiger partial charge on any atom is 0.574 e. The molecule has 0 aliphatic rings. The van der Waals surface area contributed by atoms with Gasteiger partial charge in [-0.15, -0.1) is 13.2 Å². The second-order valence-electron chi connectivity index (χ2n) is 2.84. The molecule has 0 bridgehead atoms. The second-order valence-corrected chi connectivity index (χ2v) is 6.48. The summed E-state index contributed by atoms with van der Waals surface area (Å²) < 4.78 is 61.1. The van der Waals surface area contributed by atoms with Crippen molar-refractivity contribution >= 4 is 48.0 Å².